The average Bonchev–Trinajstić information content (AvgIpc) is 3.34. The van der Waals surface area contributed by atoms with Crippen molar-refractivity contribution < 1.29 is 18.8 Å². The lowest BCUT2D eigenvalue weighted by Gasteiger charge is -2.29. The van der Waals surface area contributed by atoms with Gasteiger partial charge in [-0.05, 0) is 41.8 Å². The number of amides is 1. The minimum atomic E-state index is -0.300. The van der Waals surface area contributed by atoms with E-state index in [9.17, 15) is 9.18 Å². The summed E-state index contributed by atoms with van der Waals surface area (Å²) in [5, 5.41) is 4.30. The van der Waals surface area contributed by atoms with E-state index >= 15 is 0 Å². The van der Waals surface area contributed by atoms with E-state index in [2.05, 4.69) is 5.16 Å². The monoisotopic (exact) mass is 460 g/mol. The zero-order valence-electron chi connectivity index (χ0n) is 19.5. The Morgan fingerprint density at radius 3 is 2.50 bits per heavy atom. The molecule has 176 valence electrons. The van der Waals surface area contributed by atoms with Crippen molar-refractivity contribution in [2.24, 2.45) is 5.16 Å². The number of carbonyl (C=O) groups excluding carboxylic acids is 1. The van der Waals surface area contributed by atoms with Gasteiger partial charge in [0.2, 0.25) is 5.91 Å². The number of hydrogen-bond acceptors (Lipinski definition) is 4. The van der Waals surface area contributed by atoms with E-state index in [1.165, 1.54) is 12.1 Å². The maximum absolute atomic E-state index is 13.7. The minimum absolute atomic E-state index is 0.0207. The van der Waals surface area contributed by atoms with Crippen molar-refractivity contribution in [3.05, 3.63) is 101 Å². The third-order valence-corrected chi connectivity index (χ3v) is 6.08. The van der Waals surface area contributed by atoms with Gasteiger partial charge >= 0.3 is 0 Å². The van der Waals surface area contributed by atoms with E-state index in [1.54, 1.807) is 24.1 Å². The lowest BCUT2D eigenvalue weighted by molar-refractivity contribution is -0.135. The number of oxime groups is 1. The summed E-state index contributed by atoms with van der Waals surface area (Å²) >= 11 is 0. The Morgan fingerprint density at radius 2 is 1.79 bits per heavy atom. The van der Waals surface area contributed by atoms with Gasteiger partial charge in [-0.15, -0.1) is 0 Å². The lowest BCUT2D eigenvalue weighted by atomic mass is 9.94. The van der Waals surface area contributed by atoms with Crippen LogP contribution in [-0.4, -0.2) is 36.3 Å². The van der Waals surface area contributed by atoms with E-state index in [1.807, 2.05) is 61.5 Å². The summed E-state index contributed by atoms with van der Waals surface area (Å²) in [5.74, 6) is 0.191. The van der Waals surface area contributed by atoms with Gasteiger partial charge in [-0.2, -0.15) is 0 Å². The first-order chi connectivity index (χ1) is 16.6. The Kier molecular flexibility index (Phi) is 7.58. The van der Waals surface area contributed by atoms with Gasteiger partial charge in [0.1, 0.15) is 11.6 Å². The molecule has 0 radical (unpaired) electrons. The number of ether oxygens (including phenoxy) is 1. The molecule has 6 heteroatoms. The number of rotatable bonds is 9. The van der Waals surface area contributed by atoms with Crippen molar-refractivity contribution in [2.75, 3.05) is 13.7 Å². The van der Waals surface area contributed by atoms with Gasteiger partial charge in [0.05, 0.1) is 25.3 Å². The fourth-order valence-electron chi connectivity index (χ4n) is 4.32. The Bertz CT molecular complexity index is 1130. The quantitative estimate of drug-likeness (QED) is 0.421. The topological polar surface area (TPSA) is 51.1 Å². The zero-order chi connectivity index (χ0) is 23.9. The van der Waals surface area contributed by atoms with Crippen LogP contribution in [0.4, 0.5) is 4.39 Å². The molecule has 1 aliphatic rings. The second kappa shape index (κ2) is 11.0. The maximum atomic E-state index is 13.7. The average molecular weight is 461 g/mol. The molecular formula is C28H29FN2O3. The van der Waals surface area contributed by atoms with Crippen LogP contribution < -0.4 is 4.74 Å². The summed E-state index contributed by atoms with van der Waals surface area (Å²) in [5.41, 5.74) is 3.53. The van der Waals surface area contributed by atoms with Crippen molar-refractivity contribution in [3.8, 4) is 5.75 Å². The lowest BCUT2D eigenvalue weighted by Crippen LogP contribution is -2.40. The van der Waals surface area contributed by atoms with Crippen molar-refractivity contribution in [1.82, 2.24) is 4.90 Å². The van der Waals surface area contributed by atoms with Crippen LogP contribution in [0.3, 0.4) is 0 Å². The molecule has 5 nitrogen and oxygen atoms in total. The summed E-state index contributed by atoms with van der Waals surface area (Å²) in [6.07, 6.45) is 0.963. The molecule has 0 N–H and O–H groups in total. The summed E-state index contributed by atoms with van der Waals surface area (Å²) in [6, 6.07) is 23.8. The SMILES string of the molecule is CCC(C(=O)N(Cc1ccc(F)cc1)CC1CC(c2ccccc2OC)=NO1)c1ccccc1. The largest absolute Gasteiger partial charge is 0.496 e. The van der Waals surface area contributed by atoms with Gasteiger partial charge in [0, 0.05) is 18.5 Å². The number of benzene rings is 3. The summed E-state index contributed by atoms with van der Waals surface area (Å²) < 4.78 is 18.9. The Balaban J connectivity index is 1.54. The van der Waals surface area contributed by atoms with E-state index in [0.717, 1.165) is 28.2 Å². The third-order valence-electron chi connectivity index (χ3n) is 6.08. The highest BCUT2D eigenvalue weighted by Crippen LogP contribution is 2.27. The predicted molar refractivity (Wildman–Crippen MR) is 130 cm³/mol. The molecule has 2 atom stereocenters. The number of hydrogen-bond donors (Lipinski definition) is 0. The molecule has 1 aliphatic heterocycles. The molecule has 1 heterocycles. The van der Waals surface area contributed by atoms with Crippen molar-refractivity contribution in [1.29, 1.82) is 0 Å². The highest BCUT2D eigenvalue weighted by molar-refractivity contribution is 6.03. The Labute approximate surface area is 199 Å². The van der Waals surface area contributed by atoms with Crippen LogP contribution in [0.2, 0.25) is 0 Å². The van der Waals surface area contributed by atoms with Crippen molar-refractivity contribution in [3.63, 3.8) is 0 Å². The molecule has 0 spiro atoms. The first kappa shape index (κ1) is 23.5. The van der Waals surface area contributed by atoms with E-state index < -0.39 is 0 Å². The summed E-state index contributed by atoms with van der Waals surface area (Å²) in [4.78, 5) is 21.3. The van der Waals surface area contributed by atoms with Gasteiger partial charge in [-0.1, -0.05) is 66.7 Å². The number of methoxy groups -OCH3 is 1. The first-order valence-corrected chi connectivity index (χ1v) is 11.5. The van der Waals surface area contributed by atoms with E-state index in [-0.39, 0.29) is 23.7 Å². The molecular weight excluding hydrogens is 431 g/mol. The normalized spacial score (nSPS) is 15.9. The number of nitrogens with zero attached hydrogens (tertiary/aromatic N) is 2. The molecule has 0 saturated carbocycles. The van der Waals surface area contributed by atoms with E-state index in [4.69, 9.17) is 9.57 Å². The molecule has 0 aromatic heterocycles. The van der Waals surface area contributed by atoms with Gasteiger partial charge in [0.25, 0.3) is 0 Å². The Hall–Kier alpha value is -3.67. The standard InChI is InChI=1S/C28H29FN2O3/c1-3-24(21-9-5-4-6-10-21)28(32)31(18-20-13-15-22(29)16-14-20)19-23-17-26(30-34-23)25-11-7-8-12-27(25)33-2/h4-16,23-24H,3,17-19H2,1-2H3. The molecule has 0 bridgehead atoms. The summed E-state index contributed by atoms with van der Waals surface area (Å²) in [7, 11) is 1.63. The number of para-hydroxylation sites is 1. The molecule has 1 amide bonds. The molecule has 0 fully saturated rings. The molecule has 2 unspecified atom stereocenters. The van der Waals surface area contributed by atoms with Gasteiger partial charge in [0.15, 0.2) is 6.10 Å². The molecule has 3 aromatic carbocycles. The molecule has 0 saturated heterocycles. The fourth-order valence-corrected chi connectivity index (χ4v) is 4.32. The number of carbonyl (C=O) groups is 1. The highest BCUT2D eigenvalue weighted by Gasteiger charge is 2.31. The molecule has 34 heavy (non-hydrogen) atoms. The fraction of sp³-hybridized carbons (Fsp3) is 0.286. The van der Waals surface area contributed by atoms with Gasteiger partial charge in [-0.25, -0.2) is 4.39 Å². The van der Waals surface area contributed by atoms with Crippen LogP contribution in [0.5, 0.6) is 5.75 Å². The Morgan fingerprint density at radius 1 is 1.09 bits per heavy atom. The number of halogens is 1. The molecule has 0 aliphatic carbocycles. The minimum Gasteiger partial charge on any atom is -0.496 e. The summed E-state index contributed by atoms with van der Waals surface area (Å²) in [6.45, 7) is 2.76. The van der Waals surface area contributed by atoms with Crippen LogP contribution in [-0.2, 0) is 16.2 Å². The third kappa shape index (κ3) is 5.45. The highest BCUT2D eigenvalue weighted by atomic mass is 19.1. The first-order valence-electron chi connectivity index (χ1n) is 11.5. The van der Waals surface area contributed by atoms with Gasteiger partial charge < -0.3 is 14.5 Å². The molecule has 4 rings (SSSR count). The molecule has 3 aromatic rings. The van der Waals surface area contributed by atoms with Gasteiger partial charge in [-0.3, -0.25) is 4.79 Å². The van der Waals surface area contributed by atoms with Crippen LogP contribution in [0.25, 0.3) is 0 Å². The van der Waals surface area contributed by atoms with Crippen LogP contribution in [0, 0.1) is 5.82 Å². The van der Waals surface area contributed by atoms with Crippen LogP contribution in [0.1, 0.15) is 42.4 Å². The van der Waals surface area contributed by atoms with Crippen molar-refractivity contribution >= 4 is 11.6 Å². The second-order valence-electron chi connectivity index (χ2n) is 8.39. The second-order valence-corrected chi connectivity index (χ2v) is 8.39. The van der Waals surface area contributed by atoms with Crippen molar-refractivity contribution in [2.45, 2.75) is 38.3 Å². The smallest absolute Gasteiger partial charge is 0.230 e. The predicted octanol–water partition coefficient (Wildman–Crippen LogP) is 5.55. The zero-order valence-corrected chi connectivity index (χ0v) is 19.5. The van der Waals surface area contributed by atoms with E-state index in [0.29, 0.717) is 25.9 Å². The maximum Gasteiger partial charge on any atom is 0.230 e. The van der Waals surface area contributed by atoms with Crippen LogP contribution >= 0.6 is 0 Å². The van der Waals surface area contributed by atoms with Crippen LogP contribution in [0.15, 0.2) is 84.0 Å².